The van der Waals surface area contributed by atoms with Crippen LogP contribution in [0.4, 0.5) is 0 Å². The van der Waals surface area contributed by atoms with E-state index in [1.54, 1.807) is 0 Å². The molecule has 0 radical (unpaired) electrons. The first kappa shape index (κ1) is 21.1. The van der Waals surface area contributed by atoms with Crippen LogP contribution in [0.25, 0.3) is 0 Å². The normalized spacial score (nSPS) is 33.7. The van der Waals surface area contributed by atoms with Gasteiger partial charge in [0.05, 0.1) is 19.0 Å². The molecule has 6 nitrogen and oxygen atoms in total. The van der Waals surface area contributed by atoms with Crippen molar-refractivity contribution in [2.45, 2.75) is 75.7 Å². The Labute approximate surface area is 175 Å². The summed E-state index contributed by atoms with van der Waals surface area (Å²) in [6, 6.07) is 8.45. The molecule has 2 fully saturated rings. The summed E-state index contributed by atoms with van der Waals surface area (Å²) in [5.74, 6) is 1.55. The van der Waals surface area contributed by atoms with Crippen LogP contribution >= 0.6 is 0 Å². The Balaban J connectivity index is 1.60. The van der Waals surface area contributed by atoms with Crippen LogP contribution in [0.1, 0.15) is 56.9 Å². The molecule has 0 spiro atoms. The third-order valence-corrected chi connectivity index (χ3v) is 7.48. The minimum atomic E-state index is -3.25. The largest absolute Gasteiger partial charge is 0.489 e. The van der Waals surface area contributed by atoms with Crippen LogP contribution in [0.5, 0.6) is 5.75 Å². The Morgan fingerprint density at radius 3 is 2.62 bits per heavy atom. The number of sulfonamides is 1. The monoisotopic (exact) mass is 422 g/mol. The molecule has 3 heterocycles. The van der Waals surface area contributed by atoms with Crippen LogP contribution in [0.2, 0.25) is 0 Å². The second-order valence-electron chi connectivity index (χ2n) is 8.84. The van der Waals surface area contributed by atoms with Crippen molar-refractivity contribution in [3.05, 3.63) is 29.8 Å². The quantitative estimate of drug-likeness (QED) is 0.811. The third kappa shape index (κ3) is 5.13. The Morgan fingerprint density at radius 2 is 1.90 bits per heavy atom. The van der Waals surface area contributed by atoms with Crippen molar-refractivity contribution in [3.8, 4) is 5.75 Å². The molecule has 0 amide bonds. The first-order valence-corrected chi connectivity index (χ1v) is 12.9. The van der Waals surface area contributed by atoms with E-state index in [0.29, 0.717) is 12.5 Å². The van der Waals surface area contributed by atoms with E-state index in [0.717, 1.165) is 57.4 Å². The number of nitrogens with zero attached hydrogens (tertiary/aromatic N) is 1. The predicted octanol–water partition coefficient (Wildman–Crippen LogP) is 2.89. The van der Waals surface area contributed by atoms with Gasteiger partial charge in [0.2, 0.25) is 10.0 Å². The summed E-state index contributed by atoms with van der Waals surface area (Å²) in [6.45, 7) is 4.38. The Morgan fingerprint density at radius 1 is 1.14 bits per heavy atom. The molecule has 1 unspecified atom stereocenters. The number of hydrogen-bond acceptors (Lipinski definition) is 5. The van der Waals surface area contributed by atoms with E-state index in [-0.39, 0.29) is 24.3 Å². The SMILES string of the molecule is CCC1CN2CC[C@H](NS(C)(=O)=O)[C@@H]2COC2CCC(CC2)c2ccccc2O1. The van der Waals surface area contributed by atoms with Crippen molar-refractivity contribution < 1.29 is 17.9 Å². The number of ether oxygens (including phenoxy) is 2. The average Bonchev–Trinajstić information content (AvgIpc) is 3.06. The second kappa shape index (κ2) is 8.92. The highest BCUT2D eigenvalue weighted by atomic mass is 32.2. The van der Waals surface area contributed by atoms with Gasteiger partial charge in [-0.3, -0.25) is 4.90 Å². The molecular weight excluding hydrogens is 388 g/mol. The first-order chi connectivity index (χ1) is 13.9. The van der Waals surface area contributed by atoms with E-state index in [9.17, 15) is 8.42 Å². The lowest BCUT2D eigenvalue weighted by Crippen LogP contribution is -2.49. The highest BCUT2D eigenvalue weighted by Gasteiger charge is 2.38. The van der Waals surface area contributed by atoms with Gasteiger partial charge in [-0.15, -0.1) is 0 Å². The van der Waals surface area contributed by atoms with E-state index in [1.165, 1.54) is 11.8 Å². The van der Waals surface area contributed by atoms with Gasteiger partial charge in [-0.2, -0.15) is 0 Å². The number of para-hydroxylation sites is 1. The molecule has 1 saturated carbocycles. The zero-order valence-corrected chi connectivity index (χ0v) is 18.4. The van der Waals surface area contributed by atoms with Crippen molar-refractivity contribution in [1.82, 2.24) is 9.62 Å². The maximum absolute atomic E-state index is 11.9. The van der Waals surface area contributed by atoms with Crippen molar-refractivity contribution in [2.24, 2.45) is 0 Å². The van der Waals surface area contributed by atoms with Gasteiger partial charge in [0, 0.05) is 25.2 Å². The predicted molar refractivity (Wildman–Crippen MR) is 114 cm³/mol. The summed E-state index contributed by atoms with van der Waals surface area (Å²) < 4.78 is 39.5. The number of rotatable bonds is 3. The van der Waals surface area contributed by atoms with Crippen LogP contribution < -0.4 is 9.46 Å². The Bertz CT molecular complexity index is 792. The molecule has 5 rings (SSSR count). The minimum Gasteiger partial charge on any atom is -0.489 e. The van der Waals surface area contributed by atoms with Gasteiger partial charge in [-0.05, 0) is 56.1 Å². The second-order valence-corrected chi connectivity index (χ2v) is 10.6. The van der Waals surface area contributed by atoms with Crippen LogP contribution in [0.15, 0.2) is 24.3 Å². The maximum Gasteiger partial charge on any atom is 0.209 e. The van der Waals surface area contributed by atoms with E-state index in [1.807, 2.05) is 0 Å². The topological polar surface area (TPSA) is 67.9 Å². The fraction of sp³-hybridized carbons (Fsp3) is 0.727. The molecule has 1 aliphatic carbocycles. The van der Waals surface area contributed by atoms with Crippen molar-refractivity contribution in [1.29, 1.82) is 0 Å². The molecule has 4 aliphatic rings. The molecule has 0 aromatic heterocycles. The van der Waals surface area contributed by atoms with Gasteiger partial charge < -0.3 is 9.47 Å². The van der Waals surface area contributed by atoms with Crippen LogP contribution in [0.3, 0.4) is 0 Å². The lowest BCUT2D eigenvalue weighted by Gasteiger charge is -2.32. The summed E-state index contributed by atoms with van der Waals surface area (Å²) in [5.41, 5.74) is 1.33. The molecule has 1 aromatic carbocycles. The number of nitrogens with one attached hydrogen (secondary N) is 1. The summed E-state index contributed by atoms with van der Waals surface area (Å²) in [4.78, 5) is 2.37. The van der Waals surface area contributed by atoms with Gasteiger partial charge in [0.15, 0.2) is 0 Å². The fourth-order valence-electron chi connectivity index (χ4n) is 5.17. The van der Waals surface area contributed by atoms with Gasteiger partial charge in [0.1, 0.15) is 11.9 Å². The smallest absolute Gasteiger partial charge is 0.209 e. The molecule has 7 heteroatoms. The zero-order chi connectivity index (χ0) is 20.4. The molecule has 3 aliphatic heterocycles. The van der Waals surface area contributed by atoms with E-state index < -0.39 is 10.0 Å². The lowest BCUT2D eigenvalue weighted by molar-refractivity contribution is -0.00971. The summed E-state index contributed by atoms with van der Waals surface area (Å²) in [6.07, 6.45) is 7.63. The fourth-order valence-corrected chi connectivity index (χ4v) is 5.99. The average molecular weight is 423 g/mol. The summed E-state index contributed by atoms with van der Waals surface area (Å²) >= 11 is 0. The molecule has 1 aromatic rings. The molecular formula is C22H34N2O4S. The van der Waals surface area contributed by atoms with E-state index in [4.69, 9.17) is 9.47 Å². The molecule has 1 saturated heterocycles. The van der Waals surface area contributed by atoms with E-state index in [2.05, 4.69) is 40.8 Å². The van der Waals surface area contributed by atoms with Crippen LogP contribution in [-0.4, -0.2) is 63.6 Å². The first-order valence-electron chi connectivity index (χ1n) is 11.0. The number of benzene rings is 1. The van der Waals surface area contributed by atoms with Gasteiger partial charge >= 0.3 is 0 Å². The molecule has 3 atom stereocenters. The zero-order valence-electron chi connectivity index (χ0n) is 17.5. The number of fused-ring (bicyclic) bond motifs is 5. The Hall–Kier alpha value is -1.15. The summed E-state index contributed by atoms with van der Waals surface area (Å²) in [7, 11) is -3.25. The van der Waals surface area contributed by atoms with E-state index >= 15 is 0 Å². The van der Waals surface area contributed by atoms with Crippen LogP contribution in [-0.2, 0) is 14.8 Å². The maximum atomic E-state index is 11.9. The van der Waals surface area contributed by atoms with Gasteiger partial charge in [0.25, 0.3) is 0 Å². The standard InChI is InChI=1S/C22H34N2O4S/c1-3-17-14-24-13-12-20(23-29(2,25)26)21(24)15-27-18-10-8-16(9-11-18)19-6-4-5-7-22(19)28-17/h4-7,16-18,20-21,23H,3,8-15H2,1-2H3/t16?,17?,18?,20-,21-/m0/s1. The summed E-state index contributed by atoms with van der Waals surface area (Å²) in [5, 5.41) is 0. The minimum absolute atomic E-state index is 0.0519. The highest BCUT2D eigenvalue weighted by molar-refractivity contribution is 7.88. The van der Waals surface area contributed by atoms with Crippen LogP contribution in [0, 0.1) is 0 Å². The van der Waals surface area contributed by atoms with Crippen molar-refractivity contribution in [3.63, 3.8) is 0 Å². The number of hydrogen-bond donors (Lipinski definition) is 1. The van der Waals surface area contributed by atoms with Crippen molar-refractivity contribution >= 4 is 10.0 Å². The van der Waals surface area contributed by atoms with Crippen molar-refractivity contribution in [2.75, 3.05) is 26.0 Å². The van der Waals surface area contributed by atoms with Gasteiger partial charge in [-0.25, -0.2) is 13.1 Å². The Kier molecular flexibility index (Phi) is 6.49. The molecule has 2 bridgehead atoms. The van der Waals surface area contributed by atoms with Gasteiger partial charge in [-0.1, -0.05) is 25.1 Å². The molecule has 162 valence electrons. The highest BCUT2D eigenvalue weighted by Crippen LogP contribution is 2.39. The molecule has 1 N–H and O–H groups in total. The lowest BCUT2D eigenvalue weighted by atomic mass is 9.82. The third-order valence-electron chi connectivity index (χ3n) is 6.75. The molecule has 29 heavy (non-hydrogen) atoms.